The molecule has 0 unspecified atom stereocenters. The quantitative estimate of drug-likeness (QED) is 0.449. The van der Waals surface area contributed by atoms with Crippen LogP contribution in [0.2, 0.25) is 0 Å². The molecule has 0 saturated carbocycles. The van der Waals surface area contributed by atoms with Gasteiger partial charge in [0.05, 0.1) is 5.56 Å². The standard InChI is InChI=1S/C24H39N5O2/c1-4-23(30)29(24-22(19-25)9-7-10-26-24)12-5-6-17-31-18-8-11-27-13-15-28(16-14-27)20-21(2)3/h7,9-10,21H,4-6,8,11-18,20H2,1-3H3. The lowest BCUT2D eigenvalue weighted by molar-refractivity contribution is -0.118. The molecule has 1 aromatic heterocycles. The molecule has 7 nitrogen and oxygen atoms in total. The van der Waals surface area contributed by atoms with Crippen molar-refractivity contribution in [2.24, 2.45) is 5.92 Å². The maximum absolute atomic E-state index is 12.3. The highest BCUT2D eigenvalue weighted by molar-refractivity contribution is 5.93. The highest BCUT2D eigenvalue weighted by Gasteiger charge is 2.18. The molecule has 0 N–H and O–H groups in total. The van der Waals surface area contributed by atoms with E-state index in [1.165, 1.54) is 19.6 Å². The second kappa shape index (κ2) is 14.1. The maximum atomic E-state index is 12.3. The summed E-state index contributed by atoms with van der Waals surface area (Å²) in [4.78, 5) is 23.3. The Balaban J connectivity index is 1.59. The van der Waals surface area contributed by atoms with Crippen LogP contribution in [0.5, 0.6) is 0 Å². The van der Waals surface area contributed by atoms with Crippen LogP contribution in [0, 0.1) is 17.2 Å². The first-order valence-corrected chi connectivity index (χ1v) is 11.7. The Morgan fingerprint density at radius 1 is 1.19 bits per heavy atom. The van der Waals surface area contributed by atoms with Gasteiger partial charge in [0.25, 0.3) is 0 Å². The molecule has 172 valence electrons. The molecule has 1 aliphatic rings. The average Bonchev–Trinajstić information content (AvgIpc) is 2.78. The van der Waals surface area contributed by atoms with Gasteiger partial charge in [0.1, 0.15) is 6.07 Å². The first-order valence-electron chi connectivity index (χ1n) is 11.7. The first-order chi connectivity index (χ1) is 15.0. The lowest BCUT2D eigenvalue weighted by atomic mass is 10.2. The third-order valence-electron chi connectivity index (χ3n) is 5.54. The number of rotatable bonds is 13. The molecule has 1 fully saturated rings. The molecule has 7 heteroatoms. The Hall–Kier alpha value is -2.01. The van der Waals surface area contributed by atoms with Crippen LogP contribution < -0.4 is 4.90 Å². The minimum atomic E-state index is -0.00962. The molecule has 2 rings (SSSR count). The predicted octanol–water partition coefficient (Wildman–Crippen LogP) is 3.16. The van der Waals surface area contributed by atoms with E-state index in [4.69, 9.17) is 4.74 Å². The Bertz CT molecular complexity index is 695. The van der Waals surface area contributed by atoms with Crippen LogP contribution in [-0.2, 0) is 9.53 Å². The third kappa shape index (κ3) is 8.94. The zero-order chi connectivity index (χ0) is 22.5. The van der Waals surface area contributed by atoms with Crippen molar-refractivity contribution in [1.29, 1.82) is 5.26 Å². The van der Waals surface area contributed by atoms with Crippen molar-refractivity contribution in [3.05, 3.63) is 23.9 Å². The summed E-state index contributed by atoms with van der Waals surface area (Å²) in [5.74, 6) is 1.19. The zero-order valence-corrected chi connectivity index (χ0v) is 19.6. The average molecular weight is 430 g/mol. The first kappa shape index (κ1) is 25.3. The van der Waals surface area contributed by atoms with Crippen molar-refractivity contribution in [3.63, 3.8) is 0 Å². The van der Waals surface area contributed by atoms with E-state index in [0.29, 0.717) is 31.0 Å². The Morgan fingerprint density at radius 3 is 2.58 bits per heavy atom. The lowest BCUT2D eigenvalue weighted by Crippen LogP contribution is -2.47. The van der Waals surface area contributed by atoms with Gasteiger partial charge in [0, 0.05) is 71.6 Å². The van der Waals surface area contributed by atoms with Crippen LogP contribution in [0.3, 0.4) is 0 Å². The maximum Gasteiger partial charge on any atom is 0.227 e. The number of hydrogen-bond donors (Lipinski definition) is 0. The van der Waals surface area contributed by atoms with Crippen molar-refractivity contribution >= 4 is 11.7 Å². The van der Waals surface area contributed by atoms with E-state index in [-0.39, 0.29) is 5.91 Å². The van der Waals surface area contributed by atoms with Gasteiger partial charge in [-0.3, -0.25) is 9.69 Å². The number of anilines is 1. The fourth-order valence-electron chi connectivity index (χ4n) is 3.92. The number of aromatic nitrogens is 1. The molecule has 0 aromatic carbocycles. The smallest absolute Gasteiger partial charge is 0.227 e. The normalized spacial score (nSPS) is 15.2. The molecule has 1 aromatic rings. The summed E-state index contributed by atoms with van der Waals surface area (Å²) < 4.78 is 5.81. The molecule has 2 heterocycles. The number of hydrogen-bond acceptors (Lipinski definition) is 6. The van der Waals surface area contributed by atoms with Gasteiger partial charge in [-0.15, -0.1) is 0 Å². The summed E-state index contributed by atoms with van der Waals surface area (Å²) >= 11 is 0. The van der Waals surface area contributed by atoms with E-state index < -0.39 is 0 Å². The topological polar surface area (TPSA) is 72.7 Å². The van der Waals surface area contributed by atoms with Crippen molar-refractivity contribution < 1.29 is 9.53 Å². The lowest BCUT2D eigenvalue weighted by Gasteiger charge is -2.35. The van der Waals surface area contributed by atoms with Crippen LogP contribution in [0.4, 0.5) is 5.82 Å². The molecule has 1 aliphatic heterocycles. The van der Waals surface area contributed by atoms with Gasteiger partial charge in [0.2, 0.25) is 5.91 Å². The third-order valence-corrected chi connectivity index (χ3v) is 5.54. The number of nitrogens with zero attached hydrogens (tertiary/aromatic N) is 5. The van der Waals surface area contributed by atoms with E-state index in [0.717, 1.165) is 51.4 Å². The molecule has 0 spiro atoms. The molecule has 1 amide bonds. The molecule has 1 saturated heterocycles. The molecule has 0 aliphatic carbocycles. The van der Waals surface area contributed by atoms with Crippen molar-refractivity contribution in [2.45, 2.75) is 46.5 Å². The summed E-state index contributed by atoms with van der Waals surface area (Å²) in [5.41, 5.74) is 0.436. The minimum absolute atomic E-state index is 0.00962. The summed E-state index contributed by atoms with van der Waals surface area (Å²) in [6.45, 7) is 15.4. The fraction of sp³-hybridized carbons (Fsp3) is 0.708. The number of nitriles is 1. The summed E-state index contributed by atoms with van der Waals surface area (Å²) in [6, 6.07) is 5.55. The van der Waals surface area contributed by atoms with Gasteiger partial charge in [0.15, 0.2) is 5.82 Å². The van der Waals surface area contributed by atoms with Gasteiger partial charge in [-0.05, 0) is 37.3 Å². The molecule has 0 atom stereocenters. The molecule has 0 radical (unpaired) electrons. The number of ether oxygens (including phenoxy) is 1. The summed E-state index contributed by atoms with van der Waals surface area (Å²) in [7, 11) is 0. The Labute approximate surface area is 188 Å². The highest BCUT2D eigenvalue weighted by atomic mass is 16.5. The van der Waals surface area contributed by atoms with E-state index >= 15 is 0 Å². The minimum Gasteiger partial charge on any atom is -0.381 e. The second-order valence-corrected chi connectivity index (χ2v) is 8.59. The van der Waals surface area contributed by atoms with Crippen molar-refractivity contribution in [2.75, 3.05) is 63.9 Å². The van der Waals surface area contributed by atoms with Crippen LogP contribution in [-0.4, -0.2) is 79.7 Å². The second-order valence-electron chi connectivity index (χ2n) is 8.59. The molecule has 0 bridgehead atoms. The van der Waals surface area contributed by atoms with E-state index in [1.807, 2.05) is 6.92 Å². The number of carbonyl (C=O) groups excluding carboxylic acids is 1. The summed E-state index contributed by atoms with van der Waals surface area (Å²) in [6.07, 6.45) is 4.79. The largest absolute Gasteiger partial charge is 0.381 e. The van der Waals surface area contributed by atoms with E-state index in [9.17, 15) is 10.1 Å². The van der Waals surface area contributed by atoms with Gasteiger partial charge < -0.3 is 14.5 Å². The number of unbranched alkanes of at least 4 members (excludes halogenated alkanes) is 1. The van der Waals surface area contributed by atoms with Crippen LogP contribution >= 0.6 is 0 Å². The summed E-state index contributed by atoms with van der Waals surface area (Å²) in [5, 5.41) is 9.30. The number of piperazine rings is 1. The van der Waals surface area contributed by atoms with E-state index in [1.54, 1.807) is 23.2 Å². The van der Waals surface area contributed by atoms with Gasteiger partial charge >= 0.3 is 0 Å². The van der Waals surface area contributed by atoms with E-state index in [2.05, 4.69) is 34.7 Å². The van der Waals surface area contributed by atoms with Crippen molar-refractivity contribution in [1.82, 2.24) is 14.8 Å². The zero-order valence-electron chi connectivity index (χ0n) is 19.6. The fourth-order valence-corrected chi connectivity index (χ4v) is 3.92. The number of carbonyl (C=O) groups is 1. The SMILES string of the molecule is CCC(=O)N(CCCCOCCCN1CCN(CC(C)C)CC1)c1ncccc1C#N. The Morgan fingerprint density at radius 2 is 1.90 bits per heavy atom. The molecular weight excluding hydrogens is 390 g/mol. The van der Waals surface area contributed by atoms with Gasteiger partial charge in [-0.1, -0.05) is 20.8 Å². The highest BCUT2D eigenvalue weighted by Crippen LogP contribution is 2.18. The molecule has 31 heavy (non-hydrogen) atoms. The predicted molar refractivity (Wildman–Crippen MR) is 124 cm³/mol. The van der Waals surface area contributed by atoms with Gasteiger partial charge in [-0.2, -0.15) is 5.26 Å². The van der Waals surface area contributed by atoms with Gasteiger partial charge in [-0.25, -0.2) is 4.98 Å². The number of amides is 1. The van der Waals surface area contributed by atoms with Crippen LogP contribution in [0.15, 0.2) is 18.3 Å². The van der Waals surface area contributed by atoms with Crippen LogP contribution in [0.25, 0.3) is 0 Å². The number of pyridine rings is 1. The molecular formula is C24H39N5O2. The Kier molecular flexibility index (Phi) is 11.5. The van der Waals surface area contributed by atoms with Crippen LogP contribution in [0.1, 0.15) is 52.0 Å². The monoisotopic (exact) mass is 429 g/mol. The van der Waals surface area contributed by atoms with Crippen molar-refractivity contribution in [3.8, 4) is 6.07 Å².